The van der Waals surface area contributed by atoms with Gasteiger partial charge in [0.1, 0.15) is 5.69 Å². The number of H-pyrrole nitrogens is 1. The number of rotatable bonds is 3. The third-order valence-corrected chi connectivity index (χ3v) is 4.08. The van der Waals surface area contributed by atoms with Gasteiger partial charge in [0.2, 0.25) is 0 Å². The molecule has 0 fully saturated rings. The third-order valence-electron chi connectivity index (χ3n) is 4.08. The Kier molecular flexibility index (Phi) is 3.50. The molecule has 0 aliphatic carbocycles. The number of esters is 1. The second-order valence-electron chi connectivity index (χ2n) is 5.55. The van der Waals surface area contributed by atoms with Gasteiger partial charge in [-0.15, -0.1) is 0 Å². The van der Waals surface area contributed by atoms with Gasteiger partial charge in [-0.25, -0.2) is 9.78 Å². The molecular formula is C20H16N2O2. The van der Waals surface area contributed by atoms with Crippen molar-refractivity contribution in [3.05, 3.63) is 66.5 Å². The molecule has 0 unspecified atom stereocenters. The summed E-state index contributed by atoms with van der Waals surface area (Å²) < 4.78 is 5.07. The van der Waals surface area contributed by atoms with Crippen molar-refractivity contribution in [2.45, 2.75) is 6.92 Å². The van der Waals surface area contributed by atoms with Crippen LogP contribution < -0.4 is 0 Å². The topological polar surface area (TPSA) is 55.0 Å². The van der Waals surface area contributed by atoms with Crippen molar-refractivity contribution in [2.75, 3.05) is 6.61 Å². The first-order valence-corrected chi connectivity index (χ1v) is 7.91. The summed E-state index contributed by atoms with van der Waals surface area (Å²) in [6.07, 6.45) is 1.69. The Morgan fingerprint density at radius 2 is 1.92 bits per heavy atom. The maximum atomic E-state index is 12.0. The first-order chi connectivity index (χ1) is 11.8. The first-order valence-electron chi connectivity index (χ1n) is 7.91. The van der Waals surface area contributed by atoms with E-state index >= 15 is 0 Å². The van der Waals surface area contributed by atoms with Crippen LogP contribution in [0.5, 0.6) is 0 Å². The summed E-state index contributed by atoms with van der Waals surface area (Å²) in [6, 6.07) is 18.2. The van der Waals surface area contributed by atoms with Crippen LogP contribution in [0.4, 0.5) is 0 Å². The number of ether oxygens (including phenoxy) is 1. The normalized spacial score (nSPS) is 11.0. The molecule has 2 aromatic carbocycles. The van der Waals surface area contributed by atoms with E-state index in [1.807, 2.05) is 30.3 Å². The molecule has 4 rings (SSSR count). The number of nitrogens with zero attached hydrogens (tertiary/aromatic N) is 1. The number of benzene rings is 2. The lowest BCUT2D eigenvalue weighted by molar-refractivity contribution is 0.0520. The summed E-state index contributed by atoms with van der Waals surface area (Å²) >= 11 is 0. The van der Waals surface area contributed by atoms with E-state index in [2.05, 4.69) is 28.2 Å². The van der Waals surface area contributed by atoms with E-state index < -0.39 is 5.97 Å². The van der Waals surface area contributed by atoms with Gasteiger partial charge in [0.15, 0.2) is 0 Å². The number of carbonyl (C=O) groups excluding carboxylic acids is 1. The van der Waals surface area contributed by atoms with Crippen LogP contribution in [0, 0.1) is 0 Å². The summed E-state index contributed by atoms with van der Waals surface area (Å²) in [7, 11) is 0. The van der Waals surface area contributed by atoms with Crippen LogP contribution in [0.15, 0.2) is 60.8 Å². The average molecular weight is 316 g/mol. The minimum absolute atomic E-state index is 0.327. The molecule has 0 saturated heterocycles. The fourth-order valence-corrected chi connectivity index (χ4v) is 3.03. The van der Waals surface area contributed by atoms with Crippen molar-refractivity contribution in [1.29, 1.82) is 0 Å². The van der Waals surface area contributed by atoms with Gasteiger partial charge >= 0.3 is 5.97 Å². The quantitative estimate of drug-likeness (QED) is 0.564. The maximum absolute atomic E-state index is 12.0. The predicted molar refractivity (Wildman–Crippen MR) is 95.0 cm³/mol. The smallest absolute Gasteiger partial charge is 0.356 e. The lowest BCUT2D eigenvalue weighted by Crippen LogP contribution is -2.06. The number of hydrogen-bond acceptors (Lipinski definition) is 3. The van der Waals surface area contributed by atoms with E-state index in [0.717, 1.165) is 32.9 Å². The van der Waals surface area contributed by atoms with E-state index in [1.165, 1.54) is 0 Å². The number of carbonyl (C=O) groups is 1. The number of hydrogen-bond donors (Lipinski definition) is 1. The van der Waals surface area contributed by atoms with Crippen molar-refractivity contribution >= 4 is 27.8 Å². The SMILES string of the molecule is CCOC(=O)c1cc2c(cn1)[nH]c1cccc(-c3ccccc3)c12. The zero-order valence-corrected chi connectivity index (χ0v) is 13.2. The molecule has 1 N–H and O–H groups in total. The van der Waals surface area contributed by atoms with Crippen molar-refractivity contribution < 1.29 is 9.53 Å². The highest BCUT2D eigenvalue weighted by Gasteiger charge is 2.14. The van der Waals surface area contributed by atoms with Gasteiger partial charge in [0, 0.05) is 16.3 Å². The molecule has 0 amide bonds. The van der Waals surface area contributed by atoms with Crippen LogP contribution in [0.1, 0.15) is 17.4 Å². The van der Waals surface area contributed by atoms with Crippen LogP contribution >= 0.6 is 0 Å². The zero-order valence-electron chi connectivity index (χ0n) is 13.2. The molecule has 4 aromatic rings. The van der Waals surface area contributed by atoms with E-state index in [4.69, 9.17) is 4.74 Å². The molecule has 0 spiro atoms. The molecule has 0 bridgehead atoms. The Morgan fingerprint density at radius 3 is 2.71 bits per heavy atom. The number of nitrogens with one attached hydrogen (secondary N) is 1. The highest BCUT2D eigenvalue weighted by atomic mass is 16.5. The molecule has 2 aromatic heterocycles. The summed E-state index contributed by atoms with van der Waals surface area (Å²) in [5, 5.41) is 2.06. The van der Waals surface area contributed by atoms with Crippen molar-refractivity contribution in [1.82, 2.24) is 9.97 Å². The molecule has 118 valence electrons. The van der Waals surface area contributed by atoms with Gasteiger partial charge in [0.25, 0.3) is 0 Å². The number of aromatic nitrogens is 2. The average Bonchev–Trinajstić information content (AvgIpc) is 3.00. The number of fused-ring (bicyclic) bond motifs is 3. The van der Waals surface area contributed by atoms with E-state index in [0.29, 0.717) is 12.3 Å². The Labute approximate surface area is 139 Å². The maximum Gasteiger partial charge on any atom is 0.356 e. The summed E-state index contributed by atoms with van der Waals surface area (Å²) in [5.41, 5.74) is 4.52. The first kappa shape index (κ1) is 14.5. The molecular weight excluding hydrogens is 300 g/mol. The monoisotopic (exact) mass is 316 g/mol. The van der Waals surface area contributed by atoms with E-state index in [1.54, 1.807) is 19.2 Å². The van der Waals surface area contributed by atoms with Crippen molar-refractivity contribution in [3.63, 3.8) is 0 Å². The standard InChI is InChI=1S/C20H16N2O2/c1-2-24-20(23)17-11-15-18(12-21-17)22-16-10-6-9-14(19(15)16)13-7-4-3-5-8-13/h3-12,22H,2H2,1H3. The zero-order chi connectivity index (χ0) is 16.5. The van der Waals surface area contributed by atoms with E-state index in [-0.39, 0.29) is 0 Å². The van der Waals surface area contributed by atoms with E-state index in [9.17, 15) is 4.79 Å². The molecule has 0 radical (unpaired) electrons. The minimum atomic E-state index is -0.397. The van der Waals surface area contributed by atoms with Gasteiger partial charge in [-0.2, -0.15) is 0 Å². The second-order valence-corrected chi connectivity index (χ2v) is 5.55. The van der Waals surface area contributed by atoms with Crippen LogP contribution in [-0.2, 0) is 4.74 Å². The van der Waals surface area contributed by atoms with Gasteiger partial charge < -0.3 is 9.72 Å². The van der Waals surface area contributed by atoms with Crippen molar-refractivity contribution in [2.24, 2.45) is 0 Å². The van der Waals surface area contributed by atoms with Crippen molar-refractivity contribution in [3.8, 4) is 11.1 Å². The second kappa shape index (κ2) is 5.81. The summed E-state index contributed by atoms with van der Waals surface area (Å²) in [6.45, 7) is 2.12. The summed E-state index contributed by atoms with van der Waals surface area (Å²) in [4.78, 5) is 19.6. The fourth-order valence-electron chi connectivity index (χ4n) is 3.03. The Hall–Kier alpha value is -3.14. The largest absolute Gasteiger partial charge is 0.461 e. The van der Waals surface area contributed by atoms with Crippen LogP contribution in [-0.4, -0.2) is 22.5 Å². The van der Waals surface area contributed by atoms with Crippen LogP contribution in [0.25, 0.3) is 32.9 Å². The molecule has 2 heterocycles. The molecule has 0 aliphatic heterocycles. The molecule has 0 saturated carbocycles. The lowest BCUT2D eigenvalue weighted by atomic mass is 9.99. The predicted octanol–water partition coefficient (Wildman–Crippen LogP) is 4.56. The number of pyridine rings is 1. The highest BCUT2D eigenvalue weighted by molar-refractivity contribution is 6.15. The van der Waals surface area contributed by atoms with Gasteiger partial charge in [-0.1, -0.05) is 42.5 Å². The van der Waals surface area contributed by atoms with Crippen LogP contribution in [0.2, 0.25) is 0 Å². The van der Waals surface area contributed by atoms with Gasteiger partial charge in [0.05, 0.1) is 18.3 Å². The summed E-state index contributed by atoms with van der Waals surface area (Å²) in [5.74, 6) is -0.397. The lowest BCUT2D eigenvalue weighted by Gasteiger charge is -2.05. The van der Waals surface area contributed by atoms with Crippen LogP contribution in [0.3, 0.4) is 0 Å². The third kappa shape index (κ3) is 2.33. The minimum Gasteiger partial charge on any atom is -0.461 e. The Bertz CT molecular complexity index is 1040. The Balaban J connectivity index is 2.00. The molecule has 4 heteroatoms. The molecule has 0 aliphatic rings. The molecule has 4 nitrogen and oxygen atoms in total. The molecule has 24 heavy (non-hydrogen) atoms. The fraction of sp³-hybridized carbons (Fsp3) is 0.100. The highest BCUT2D eigenvalue weighted by Crippen LogP contribution is 2.34. The molecule has 0 atom stereocenters. The number of aromatic amines is 1. The van der Waals surface area contributed by atoms with Gasteiger partial charge in [-0.05, 0) is 30.2 Å². The Morgan fingerprint density at radius 1 is 1.08 bits per heavy atom. The van der Waals surface area contributed by atoms with Gasteiger partial charge in [-0.3, -0.25) is 0 Å².